The summed E-state index contributed by atoms with van der Waals surface area (Å²) in [7, 11) is 3.97. The zero-order valence-corrected chi connectivity index (χ0v) is 15.6. The van der Waals surface area contributed by atoms with Gasteiger partial charge in [-0.2, -0.15) is 0 Å². The molecule has 25 heavy (non-hydrogen) atoms. The Labute approximate surface area is 152 Å². The van der Waals surface area contributed by atoms with Crippen molar-refractivity contribution in [2.75, 3.05) is 24.3 Å². The van der Waals surface area contributed by atoms with E-state index in [9.17, 15) is 9.59 Å². The minimum Gasteiger partial charge on any atom is -0.377 e. The number of amides is 2. The largest absolute Gasteiger partial charge is 0.377 e. The summed E-state index contributed by atoms with van der Waals surface area (Å²) in [6.45, 7) is 2.19. The highest BCUT2D eigenvalue weighted by atomic mass is 32.1. The van der Waals surface area contributed by atoms with E-state index in [0.717, 1.165) is 29.8 Å². The second kappa shape index (κ2) is 7.27. The average molecular weight is 357 g/mol. The van der Waals surface area contributed by atoms with E-state index >= 15 is 0 Å². The van der Waals surface area contributed by atoms with Crippen LogP contribution in [0.3, 0.4) is 0 Å². The van der Waals surface area contributed by atoms with Crippen molar-refractivity contribution in [3.63, 3.8) is 0 Å². The summed E-state index contributed by atoms with van der Waals surface area (Å²) in [5, 5.41) is 4.83. The van der Waals surface area contributed by atoms with Crippen LogP contribution in [0.25, 0.3) is 0 Å². The SMILES string of the molecule is CC(=O)N(Cc1cc(NC(=O)c2cccs2)ccc1N(C)C)C1CC1. The molecule has 1 aromatic carbocycles. The third kappa shape index (κ3) is 4.20. The van der Waals surface area contributed by atoms with Crippen molar-refractivity contribution in [1.82, 2.24) is 4.90 Å². The fourth-order valence-electron chi connectivity index (χ4n) is 2.89. The molecular formula is C19H23N3O2S. The molecule has 0 bridgehead atoms. The molecule has 3 rings (SSSR count). The fourth-order valence-corrected chi connectivity index (χ4v) is 3.51. The van der Waals surface area contributed by atoms with Gasteiger partial charge in [-0.15, -0.1) is 11.3 Å². The van der Waals surface area contributed by atoms with Crippen LogP contribution in [-0.4, -0.2) is 36.9 Å². The normalized spacial score (nSPS) is 13.4. The van der Waals surface area contributed by atoms with Gasteiger partial charge in [-0.05, 0) is 48.1 Å². The maximum absolute atomic E-state index is 12.3. The minimum atomic E-state index is -0.107. The van der Waals surface area contributed by atoms with Gasteiger partial charge in [-0.1, -0.05) is 6.07 Å². The number of carbonyl (C=O) groups is 2. The van der Waals surface area contributed by atoms with Gasteiger partial charge < -0.3 is 15.1 Å². The lowest BCUT2D eigenvalue weighted by atomic mass is 10.1. The van der Waals surface area contributed by atoms with E-state index in [2.05, 4.69) is 5.32 Å². The molecule has 2 aromatic rings. The molecule has 0 atom stereocenters. The Morgan fingerprint density at radius 2 is 2.00 bits per heavy atom. The number of thiophene rings is 1. The average Bonchev–Trinajstić information content (AvgIpc) is 3.24. The van der Waals surface area contributed by atoms with Crippen LogP contribution in [0.5, 0.6) is 0 Å². The molecule has 0 aliphatic heterocycles. The second-order valence-corrected chi connectivity index (χ2v) is 7.50. The van der Waals surface area contributed by atoms with Gasteiger partial charge >= 0.3 is 0 Å². The lowest BCUT2D eigenvalue weighted by Crippen LogP contribution is -2.31. The van der Waals surface area contributed by atoms with Crippen molar-refractivity contribution in [3.8, 4) is 0 Å². The predicted octanol–water partition coefficient (Wildman–Crippen LogP) is 3.58. The molecule has 6 heteroatoms. The van der Waals surface area contributed by atoms with Crippen molar-refractivity contribution in [2.45, 2.75) is 32.4 Å². The number of rotatable bonds is 6. The molecule has 1 N–H and O–H groups in total. The Kier molecular flexibility index (Phi) is 5.08. The summed E-state index contributed by atoms with van der Waals surface area (Å²) < 4.78 is 0. The smallest absolute Gasteiger partial charge is 0.265 e. The van der Waals surface area contributed by atoms with Crippen LogP contribution in [0, 0.1) is 0 Å². The molecule has 5 nitrogen and oxygen atoms in total. The maximum Gasteiger partial charge on any atom is 0.265 e. The predicted molar refractivity (Wildman–Crippen MR) is 102 cm³/mol. The van der Waals surface area contributed by atoms with E-state index in [4.69, 9.17) is 0 Å². The minimum absolute atomic E-state index is 0.0974. The standard InChI is InChI=1S/C19H23N3O2S/c1-13(23)22(16-7-8-16)12-14-11-15(6-9-17(14)21(2)3)20-19(24)18-5-4-10-25-18/h4-6,9-11,16H,7-8,12H2,1-3H3,(H,20,24). The van der Waals surface area contributed by atoms with Gasteiger partial charge in [0.1, 0.15) is 0 Å². The van der Waals surface area contributed by atoms with Crippen molar-refractivity contribution >= 4 is 34.5 Å². The number of benzene rings is 1. The Morgan fingerprint density at radius 1 is 1.24 bits per heavy atom. The van der Waals surface area contributed by atoms with E-state index in [1.54, 1.807) is 13.0 Å². The molecule has 1 aromatic heterocycles. The Hall–Kier alpha value is -2.34. The lowest BCUT2D eigenvalue weighted by molar-refractivity contribution is -0.130. The summed E-state index contributed by atoms with van der Waals surface area (Å²) in [6.07, 6.45) is 2.15. The van der Waals surface area contributed by atoms with Crippen LogP contribution >= 0.6 is 11.3 Å². The summed E-state index contributed by atoms with van der Waals surface area (Å²) in [6, 6.07) is 9.89. The highest BCUT2D eigenvalue weighted by Gasteiger charge is 2.31. The number of hydrogen-bond donors (Lipinski definition) is 1. The van der Waals surface area contributed by atoms with E-state index in [1.165, 1.54) is 11.3 Å². The quantitative estimate of drug-likeness (QED) is 0.860. The van der Waals surface area contributed by atoms with Crippen molar-refractivity contribution in [1.29, 1.82) is 0 Å². The van der Waals surface area contributed by atoms with Crippen molar-refractivity contribution in [3.05, 3.63) is 46.2 Å². The molecule has 1 aliphatic rings. The van der Waals surface area contributed by atoms with E-state index in [-0.39, 0.29) is 11.8 Å². The first-order valence-electron chi connectivity index (χ1n) is 8.38. The Balaban J connectivity index is 1.84. The molecular weight excluding hydrogens is 334 g/mol. The Bertz CT molecular complexity index is 767. The van der Waals surface area contributed by atoms with Crippen LogP contribution in [0.15, 0.2) is 35.7 Å². The summed E-state index contributed by atoms with van der Waals surface area (Å²) in [5.74, 6) is -0.00981. The van der Waals surface area contributed by atoms with Crippen LogP contribution in [-0.2, 0) is 11.3 Å². The van der Waals surface area contributed by atoms with Gasteiger partial charge in [0.15, 0.2) is 0 Å². The number of carbonyl (C=O) groups excluding carboxylic acids is 2. The molecule has 1 aliphatic carbocycles. The first kappa shape index (κ1) is 17.5. The summed E-state index contributed by atoms with van der Waals surface area (Å²) in [5.41, 5.74) is 2.84. The van der Waals surface area contributed by atoms with Gasteiger partial charge in [-0.3, -0.25) is 9.59 Å². The van der Waals surface area contributed by atoms with Gasteiger partial charge in [0.25, 0.3) is 5.91 Å². The van der Waals surface area contributed by atoms with E-state index in [0.29, 0.717) is 17.5 Å². The lowest BCUT2D eigenvalue weighted by Gasteiger charge is -2.25. The first-order valence-corrected chi connectivity index (χ1v) is 9.26. The van der Waals surface area contributed by atoms with Crippen LogP contribution in [0.4, 0.5) is 11.4 Å². The van der Waals surface area contributed by atoms with Gasteiger partial charge in [-0.25, -0.2) is 0 Å². The highest BCUT2D eigenvalue weighted by Crippen LogP contribution is 2.31. The van der Waals surface area contributed by atoms with Gasteiger partial charge in [0.2, 0.25) is 5.91 Å². The molecule has 1 heterocycles. The second-order valence-electron chi connectivity index (χ2n) is 6.55. The zero-order chi connectivity index (χ0) is 18.0. The third-order valence-corrected chi connectivity index (χ3v) is 5.17. The van der Waals surface area contributed by atoms with Crippen molar-refractivity contribution in [2.24, 2.45) is 0 Å². The number of nitrogens with zero attached hydrogens (tertiary/aromatic N) is 2. The monoisotopic (exact) mass is 357 g/mol. The topological polar surface area (TPSA) is 52.7 Å². The molecule has 0 spiro atoms. The fraction of sp³-hybridized carbons (Fsp3) is 0.368. The van der Waals surface area contributed by atoms with E-state index in [1.807, 2.05) is 53.5 Å². The molecule has 132 valence electrons. The zero-order valence-electron chi connectivity index (χ0n) is 14.8. The first-order chi connectivity index (χ1) is 12.0. The number of hydrogen-bond acceptors (Lipinski definition) is 4. The number of anilines is 2. The number of nitrogens with one attached hydrogen (secondary N) is 1. The van der Waals surface area contributed by atoms with Gasteiger partial charge in [0.05, 0.1) is 4.88 Å². The van der Waals surface area contributed by atoms with Crippen LogP contribution in [0.2, 0.25) is 0 Å². The van der Waals surface area contributed by atoms with E-state index < -0.39 is 0 Å². The summed E-state index contributed by atoms with van der Waals surface area (Å²) >= 11 is 1.42. The molecule has 0 unspecified atom stereocenters. The molecule has 1 saturated carbocycles. The van der Waals surface area contributed by atoms with Crippen LogP contribution in [0.1, 0.15) is 35.0 Å². The van der Waals surface area contributed by atoms with Crippen LogP contribution < -0.4 is 10.2 Å². The molecule has 2 amide bonds. The van der Waals surface area contributed by atoms with Gasteiger partial charge in [0, 0.05) is 45.0 Å². The highest BCUT2D eigenvalue weighted by molar-refractivity contribution is 7.12. The maximum atomic E-state index is 12.3. The third-order valence-electron chi connectivity index (χ3n) is 4.30. The summed E-state index contributed by atoms with van der Waals surface area (Å²) in [4.78, 5) is 28.9. The molecule has 0 saturated heterocycles. The molecule has 1 fully saturated rings. The molecule has 0 radical (unpaired) electrons. The Morgan fingerprint density at radius 3 is 2.56 bits per heavy atom. The van der Waals surface area contributed by atoms with Crippen molar-refractivity contribution < 1.29 is 9.59 Å².